The zero-order valence-corrected chi connectivity index (χ0v) is 43.6. The molecule has 0 unspecified atom stereocenters. The van der Waals surface area contributed by atoms with Crippen molar-refractivity contribution in [3.05, 3.63) is 167 Å². The van der Waals surface area contributed by atoms with Gasteiger partial charge >= 0.3 is 6.85 Å². The van der Waals surface area contributed by atoms with Crippen molar-refractivity contribution in [2.75, 3.05) is 9.80 Å². The van der Waals surface area contributed by atoms with E-state index in [9.17, 15) is 0 Å². The molecule has 4 heterocycles. The highest BCUT2D eigenvalue weighted by Crippen LogP contribution is 2.53. The highest BCUT2D eigenvalue weighted by molar-refractivity contribution is 6.89. The van der Waals surface area contributed by atoms with Crippen LogP contribution in [0.4, 0.5) is 34.1 Å². The number of nitrogens with zero attached hydrogens (tertiary/aromatic N) is 3. The smallest absolute Gasteiger partial charge is 0.375 e. The van der Waals surface area contributed by atoms with Crippen molar-refractivity contribution in [1.82, 2.24) is 4.48 Å². The van der Waals surface area contributed by atoms with Gasteiger partial charge in [-0.2, -0.15) is 0 Å². The van der Waals surface area contributed by atoms with E-state index in [4.69, 9.17) is 4.42 Å². The van der Waals surface area contributed by atoms with Crippen molar-refractivity contribution in [3.63, 3.8) is 0 Å². The van der Waals surface area contributed by atoms with E-state index in [0.29, 0.717) is 0 Å². The Bertz CT molecular complexity index is 3460. The van der Waals surface area contributed by atoms with Crippen LogP contribution in [0.15, 0.2) is 144 Å². The van der Waals surface area contributed by atoms with Crippen LogP contribution in [-0.2, 0) is 27.1 Å². The average Bonchev–Trinajstić information content (AvgIpc) is 3.83. The Kier molecular flexibility index (Phi) is 9.80. The van der Waals surface area contributed by atoms with Crippen LogP contribution in [0.5, 0.6) is 0 Å². The standard InChI is InChI=1S/C64H68BN3O/c1-60(2,3)39-29-31-45(32-30-39)67-53-38-42(63(10,11)12)33-46-47-34-40(61(4,5)6)35-48-54-51(66(43-23-18-16-19-24-43)44-25-20-17-21-26-44)27-22-28-52(54)68(56(47)48)65(55(46)53)59-57(67)49-36-41(62(7,8)9)37-50(58(49)69-59)64(13,14)15/h16-38H,1-15H3. The molecule has 0 amide bonds. The van der Waals surface area contributed by atoms with Gasteiger partial charge in [0, 0.05) is 61.1 Å². The number of furan rings is 1. The second kappa shape index (κ2) is 15.0. The summed E-state index contributed by atoms with van der Waals surface area (Å²) in [7, 11) is 0. The van der Waals surface area contributed by atoms with Crippen LogP contribution in [0, 0.1) is 0 Å². The summed E-state index contributed by atoms with van der Waals surface area (Å²) in [5.74, 6) is 0. The molecule has 0 atom stereocenters. The lowest BCUT2D eigenvalue weighted by Gasteiger charge is -2.40. The van der Waals surface area contributed by atoms with Gasteiger partial charge in [0.25, 0.3) is 0 Å². The Labute approximate surface area is 411 Å². The lowest BCUT2D eigenvalue weighted by atomic mass is 9.47. The molecule has 7 aromatic carbocycles. The molecular weight excluding hydrogens is 838 g/mol. The van der Waals surface area contributed by atoms with Gasteiger partial charge in [-0.05, 0) is 133 Å². The first-order valence-corrected chi connectivity index (χ1v) is 25.1. The minimum Gasteiger partial charge on any atom is -0.466 e. The average molecular weight is 906 g/mol. The quantitative estimate of drug-likeness (QED) is 0.165. The monoisotopic (exact) mass is 906 g/mol. The molecule has 0 spiro atoms. The zero-order valence-electron chi connectivity index (χ0n) is 43.6. The fraction of sp³-hybridized carbons (Fsp3) is 0.312. The van der Waals surface area contributed by atoms with Gasteiger partial charge in [0.2, 0.25) is 0 Å². The molecule has 2 aliphatic rings. The summed E-state index contributed by atoms with van der Waals surface area (Å²) in [5, 5.41) is 3.66. The van der Waals surface area contributed by atoms with Crippen molar-refractivity contribution >= 4 is 84.9 Å². The second-order valence-corrected chi connectivity index (χ2v) is 25.2. The third-order valence-electron chi connectivity index (χ3n) is 15.0. The number of anilines is 6. The lowest BCUT2D eigenvalue weighted by Crippen LogP contribution is -2.56. The van der Waals surface area contributed by atoms with E-state index >= 15 is 0 Å². The van der Waals surface area contributed by atoms with Crippen LogP contribution in [0.25, 0.3) is 43.9 Å². The molecule has 0 N–H and O–H groups in total. The molecular formula is C64H68BN3O. The minimum absolute atomic E-state index is 0.0122. The summed E-state index contributed by atoms with van der Waals surface area (Å²) in [6.45, 7) is 34.8. The maximum Gasteiger partial charge on any atom is 0.375 e. The number of hydrogen-bond donors (Lipinski definition) is 0. The lowest BCUT2D eigenvalue weighted by molar-refractivity contribution is 0.557. The third-order valence-corrected chi connectivity index (χ3v) is 15.0. The van der Waals surface area contributed by atoms with Crippen LogP contribution in [0.1, 0.15) is 132 Å². The SMILES string of the molecule is CC(C)(C)c1ccc(N2c3cc(C(C)(C)C)cc4c3B(c3oc5c(C(C)(C)C)cc(C(C)(C)C)cc5c32)n2c3cccc(N(c5ccccc5)c5ccccc5)c3c3cc(C(C)(C)C)cc-4c32)cc1. The fourth-order valence-electron chi connectivity index (χ4n) is 11.1. The van der Waals surface area contributed by atoms with Gasteiger partial charge in [-0.25, -0.2) is 0 Å². The van der Waals surface area contributed by atoms with Gasteiger partial charge in [-0.15, -0.1) is 0 Å². The largest absolute Gasteiger partial charge is 0.466 e. The molecule has 0 aliphatic carbocycles. The Morgan fingerprint density at radius 1 is 0.478 bits per heavy atom. The molecule has 0 radical (unpaired) electrons. The fourth-order valence-corrected chi connectivity index (χ4v) is 11.1. The van der Waals surface area contributed by atoms with Crippen molar-refractivity contribution < 1.29 is 4.42 Å². The van der Waals surface area contributed by atoms with Gasteiger partial charge in [0.15, 0.2) is 0 Å². The van der Waals surface area contributed by atoms with E-state index in [1.54, 1.807) is 0 Å². The van der Waals surface area contributed by atoms with Gasteiger partial charge < -0.3 is 18.7 Å². The van der Waals surface area contributed by atoms with E-state index in [2.05, 4.69) is 258 Å². The van der Waals surface area contributed by atoms with Gasteiger partial charge in [-0.1, -0.05) is 171 Å². The number of rotatable bonds is 4. The molecule has 0 saturated heterocycles. The van der Waals surface area contributed by atoms with E-state index in [1.165, 1.54) is 71.9 Å². The summed E-state index contributed by atoms with van der Waals surface area (Å²) in [5.41, 5.74) is 21.1. The predicted molar refractivity (Wildman–Crippen MR) is 298 cm³/mol. The maximum absolute atomic E-state index is 7.78. The predicted octanol–water partition coefficient (Wildman–Crippen LogP) is 16.9. The van der Waals surface area contributed by atoms with Gasteiger partial charge in [0.05, 0.1) is 11.4 Å². The number of hydrogen-bond acceptors (Lipinski definition) is 3. The number of benzene rings is 7. The summed E-state index contributed by atoms with van der Waals surface area (Å²) >= 11 is 0. The van der Waals surface area contributed by atoms with Crippen LogP contribution in [-0.4, -0.2) is 11.3 Å². The van der Waals surface area contributed by atoms with E-state index in [-0.39, 0.29) is 33.9 Å². The van der Waals surface area contributed by atoms with E-state index in [0.717, 1.165) is 45.1 Å². The van der Waals surface area contributed by atoms with Crippen LogP contribution < -0.4 is 20.9 Å². The van der Waals surface area contributed by atoms with Crippen molar-refractivity contribution in [3.8, 4) is 11.1 Å². The van der Waals surface area contributed by atoms with Gasteiger partial charge in [0.1, 0.15) is 11.2 Å². The van der Waals surface area contributed by atoms with Crippen molar-refractivity contribution in [2.45, 2.75) is 131 Å². The van der Waals surface area contributed by atoms with E-state index < -0.39 is 0 Å². The third kappa shape index (κ3) is 7.08. The molecule has 11 rings (SSSR count). The van der Waals surface area contributed by atoms with Gasteiger partial charge in [-0.3, -0.25) is 0 Å². The molecule has 0 fully saturated rings. The zero-order chi connectivity index (χ0) is 48.9. The molecule has 69 heavy (non-hydrogen) atoms. The highest BCUT2D eigenvalue weighted by atomic mass is 16.3. The first kappa shape index (κ1) is 45.0. The molecule has 9 aromatic rings. The molecule has 4 nitrogen and oxygen atoms in total. The second-order valence-electron chi connectivity index (χ2n) is 25.2. The van der Waals surface area contributed by atoms with Crippen LogP contribution in [0.3, 0.4) is 0 Å². The first-order chi connectivity index (χ1) is 32.4. The molecule has 5 heteroatoms. The highest BCUT2D eigenvalue weighted by Gasteiger charge is 2.48. The number of fused-ring (bicyclic) bond motifs is 9. The molecule has 348 valence electrons. The topological polar surface area (TPSA) is 24.6 Å². The summed E-state index contributed by atoms with van der Waals surface area (Å²) in [6.07, 6.45) is 0. The first-order valence-electron chi connectivity index (χ1n) is 25.1. The Hall–Kier alpha value is -6.46. The summed E-state index contributed by atoms with van der Waals surface area (Å²) < 4.78 is 10.5. The number of para-hydroxylation sites is 2. The molecule has 0 saturated carbocycles. The summed E-state index contributed by atoms with van der Waals surface area (Å²) in [4.78, 5) is 5.03. The Morgan fingerprint density at radius 3 is 1.58 bits per heavy atom. The Balaban J connectivity index is 1.35. The summed E-state index contributed by atoms with van der Waals surface area (Å²) in [6, 6.07) is 53.0. The molecule has 2 aromatic heterocycles. The Morgan fingerprint density at radius 2 is 1.01 bits per heavy atom. The number of aromatic nitrogens is 1. The van der Waals surface area contributed by atoms with Crippen LogP contribution >= 0.6 is 0 Å². The normalized spacial score (nSPS) is 14.0. The molecule has 0 bridgehead atoms. The van der Waals surface area contributed by atoms with Crippen molar-refractivity contribution in [1.29, 1.82) is 0 Å². The minimum atomic E-state index is -0.257. The van der Waals surface area contributed by atoms with E-state index in [1.807, 2.05) is 0 Å². The van der Waals surface area contributed by atoms with Crippen molar-refractivity contribution in [2.24, 2.45) is 0 Å². The maximum atomic E-state index is 7.78. The van der Waals surface area contributed by atoms with Crippen LogP contribution in [0.2, 0.25) is 0 Å². The molecule has 2 aliphatic heterocycles.